The Morgan fingerprint density at radius 2 is 2.00 bits per heavy atom. The molecule has 0 rings (SSSR count). The zero-order valence-electron chi connectivity index (χ0n) is 8.44. The molecule has 0 heterocycles. The molecule has 0 saturated carbocycles. The normalized spacial score (nSPS) is 13.1. The molecule has 0 unspecified atom stereocenters. The summed E-state index contributed by atoms with van der Waals surface area (Å²) in [5, 5.41) is 0.361. The Bertz CT molecular complexity index is 268. The Kier molecular flexibility index (Phi) is 5.68. The number of hydrogen-bond acceptors (Lipinski definition) is 1. The first-order valence-corrected chi connectivity index (χ1v) is 4.55. The average molecular weight is 240 g/mol. The van der Waals surface area contributed by atoms with E-state index < -0.39 is 12.7 Å². The van der Waals surface area contributed by atoms with Crippen LogP contribution in [0.15, 0.2) is 35.9 Å². The molecular weight excluding hydrogens is 227 g/mol. The van der Waals surface area contributed by atoms with E-state index in [0.717, 1.165) is 4.90 Å². The van der Waals surface area contributed by atoms with E-state index in [1.54, 1.807) is 0 Å². The zero-order chi connectivity index (χ0) is 12.1. The van der Waals surface area contributed by atoms with E-state index in [9.17, 15) is 13.2 Å². The van der Waals surface area contributed by atoms with Gasteiger partial charge in [-0.3, -0.25) is 4.90 Å². The molecule has 86 valence electrons. The highest BCUT2D eigenvalue weighted by Gasteiger charge is 2.28. The van der Waals surface area contributed by atoms with Gasteiger partial charge in [0, 0.05) is 11.6 Å². The van der Waals surface area contributed by atoms with Crippen LogP contribution in [-0.2, 0) is 0 Å². The molecule has 1 nitrogen and oxygen atoms in total. The molecule has 0 aromatic heterocycles. The first-order chi connectivity index (χ1) is 6.74. The highest BCUT2D eigenvalue weighted by Crippen LogP contribution is 2.16. The highest BCUT2D eigenvalue weighted by atomic mass is 35.5. The summed E-state index contributed by atoms with van der Waals surface area (Å²) >= 11 is 5.62. The number of rotatable bonds is 5. The monoisotopic (exact) mass is 239 g/mol. The summed E-state index contributed by atoms with van der Waals surface area (Å²) in [6, 6.07) is 0. The SMILES string of the molecule is C=C/C(Cl)=C\C(=C)CN(C)CC(F)(F)F. The van der Waals surface area contributed by atoms with Crippen molar-refractivity contribution in [1.29, 1.82) is 0 Å². The molecule has 0 bridgehead atoms. The van der Waals surface area contributed by atoms with Crippen molar-refractivity contribution in [2.75, 3.05) is 20.1 Å². The van der Waals surface area contributed by atoms with Gasteiger partial charge in [0.05, 0.1) is 6.54 Å². The second-order valence-electron chi connectivity index (χ2n) is 3.18. The number of nitrogens with zero attached hydrogens (tertiary/aromatic N) is 1. The minimum Gasteiger partial charge on any atom is -0.294 e. The summed E-state index contributed by atoms with van der Waals surface area (Å²) in [5.74, 6) is 0. The fraction of sp³-hybridized carbons (Fsp3) is 0.400. The van der Waals surface area contributed by atoms with Gasteiger partial charge >= 0.3 is 6.18 Å². The van der Waals surface area contributed by atoms with Crippen molar-refractivity contribution in [1.82, 2.24) is 4.90 Å². The number of alkyl halides is 3. The molecule has 0 atom stereocenters. The number of likely N-dealkylation sites (N-methyl/N-ethyl adjacent to an activating group) is 1. The number of allylic oxidation sites excluding steroid dienone is 2. The second kappa shape index (κ2) is 5.98. The van der Waals surface area contributed by atoms with Crippen LogP contribution in [0.3, 0.4) is 0 Å². The van der Waals surface area contributed by atoms with E-state index in [0.29, 0.717) is 10.6 Å². The lowest BCUT2D eigenvalue weighted by Gasteiger charge is -2.18. The Morgan fingerprint density at radius 3 is 2.40 bits per heavy atom. The fourth-order valence-electron chi connectivity index (χ4n) is 1.01. The van der Waals surface area contributed by atoms with Crippen LogP contribution in [0.2, 0.25) is 0 Å². The molecule has 0 aliphatic heterocycles. The van der Waals surface area contributed by atoms with E-state index in [2.05, 4.69) is 13.2 Å². The molecular formula is C10H13ClF3N. The molecule has 0 radical (unpaired) electrons. The predicted octanol–water partition coefficient (Wildman–Crippen LogP) is 3.35. The summed E-state index contributed by atoms with van der Waals surface area (Å²) in [4.78, 5) is 1.12. The van der Waals surface area contributed by atoms with Gasteiger partial charge in [-0.1, -0.05) is 30.8 Å². The third-order valence-corrected chi connectivity index (χ3v) is 1.72. The van der Waals surface area contributed by atoms with Gasteiger partial charge < -0.3 is 0 Å². The third kappa shape index (κ3) is 8.27. The van der Waals surface area contributed by atoms with E-state index in [-0.39, 0.29) is 6.54 Å². The van der Waals surface area contributed by atoms with Gasteiger partial charge in [0.2, 0.25) is 0 Å². The van der Waals surface area contributed by atoms with Gasteiger partial charge in [0.15, 0.2) is 0 Å². The quantitative estimate of drug-likeness (QED) is 0.665. The van der Waals surface area contributed by atoms with Crippen molar-refractivity contribution in [3.63, 3.8) is 0 Å². The fourth-order valence-corrected chi connectivity index (χ4v) is 1.16. The van der Waals surface area contributed by atoms with Crippen LogP contribution in [-0.4, -0.2) is 31.2 Å². The second-order valence-corrected chi connectivity index (χ2v) is 3.62. The third-order valence-electron chi connectivity index (χ3n) is 1.46. The smallest absolute Gasteiger partial charge is 0.294 e. The van der Waals surface area contributed by atoms with Gasteiger partial charge in [-0.25, -0.2) is 0 Å². The summed E-state index contributed by atoms with van der Waals surface area (Å²) in [6.45, 7) is 6.16. The van der Waals surface area contributed by atoms with E-state index in [4.69, 9.17) is 11.6 Å². The van der Waals surface area contributed by atoms with E-state index >= 15 is 0 Å². The molecule has 5 heteroatoms. The van der Waals surface area contributed by atoms with Crippen molar-refractivity contribution in [2.45, 2.75) is 6.18 Å². The lowest BCUT2D eigenvalue weighted by atomic mass is 10.2. The maximum atomic E-state index is 12.0. The zero-order valence-corrected chi connectivity index (χ0v) is 9.20. The van der Waals surface area contributed by atoms with E-state index in [1.165, 1.54) is 19.2 Å². The Labute approximate surface area is 92.5 Å². The first kappa shape index (κ1) is 14.3. The molecule has 0 amide bonds. The Morgan fingerprint density at radius 1 is 1.47 bits per heavy atom. The average Bonchev–Trinajstić information content (AvgIpc) is 1.99. The van der Waals surface area contributed by atoms with Crippen LogP contribution in [0.4, 0.5) is 13.2 Å². The van der Waals surface area contributed by atoms with E-state index in [1.807, 2.05) is 0 Å². The standard InChI is InChI=1S/C10H13ClF3N/c1-4-9(11)5-8(2)6-15(3)7-10(12,13)14/h4-5H,1-2,6-7H2,3H3/b9-5+. The maximum Gasteiger partial charge on any atom is 0.401 e. The van der Waals surface area contributed by atoms with Crippen LogP contribution in [0, 0.1) is 0 Å². The summed E-state index contributed by atoms with van der Waals surface area (Å²) < 4.78 is 35.9. The summed E-state index contributed by atoms with van der Waals surface area (Å²) in [5.41, 5.74) is 0.506. The lowest BCUT2D eigenvalue weighted by Crippen LogP contribution is -2.32. The topological polar surface area (TPSA) is 3.24 Å². The van der Waals surface area contributed by atoms with Crippen LogP contribution < -0.4 is 0 Å². The van der Waals surface area contributed by atoms with Crippen molar-refractivity contribution >= 4 is 11.6 Å². The summed E-state index contributed by atoms with van der Waals surface area (Å²) in [7, 11) is 1.37. The molecule has 0 aromatic carbocycles. The molecule has 0 N–H and O–H groups in total. The van der Waals surface area contributed by atoms with Gasteiger partial charge in [-0.15, -0.1) is 0 Å². The van der Waals surface area contributed by atoms with Gasteiger partial charge in [-0.2, -0.15) is 13.2 Å². The maximum absolute atomic E-state index is 12.0. The van der Waals surface area contributed by atoms with Crippen LogP contribution >= 0.6 is 11.6 Å². The lowest BCUT2D eigenvalue weighted by molar-refractivity contribution is -0.142. The molecule has 0 saturated heterocycles. The number of hydrogen-bond donors (Lipinski definition) is 0. The summed E-state index contributed by atoms with van der Waals surface area (Å²) in [6.07, 6.45) is -1.31. The molecule has 0 aliphatic rings. The van der Waals surface area contributed by atoms with Crippen LogP contribution in [0.1, 0.15) is 0 Å². The van der Waals surface area contributed by atoms with Gasteiger partial charge in [0.1, 0.15) is 0 Å². The first-order valence-electron chi connectivity index (χ1n) is 4.17. The van der Waals surface area contributed by atoms with Crippen molar-refractivity contribution < 1.29 is 13.2 Å². The molecule has 0 aliphatic carbocycles. The van der Waals surface area contributed by atoms with Crippen molar-refractivity contribution in [3.05, 3.63) is 35.9 Å². The van der Waals surface area contributed by atoms with Crippen molar-refractivity contribution in [2.24, 2.45) is 0 Å². The van der Waals surface area contributed by atoms with Crippen LogP contribution in [0.25, 0.3) is 0 Å². The van der Waals surface area contributed by atoms with Crippen molar-refractivity contribution in [3.8, 4) is 0 Å². The molecule has 15 heavy (non-hydrogen) atoms. The van der Waals surface area contributed by atoms with Crippen LogP contribution in [0.5, 0.6) is 0 Å². The number of halogens is 4. The molecule has 0 fully saturated rings. The largest absolute Gasteiger partial charge is 0.401 e. The minimum atomic E-state index is -4.19. The van der Waals surface area contributed by atoms with Gasteiger partial charge in [-0.05, 0) is 18.7 Å². The minimum absolute atomic E-state index is 0.115. The molecule has 0 spiro atoms. The molecule has 0 aromatic rings. The van der Waals surface area contributed by atoms with Gasteiger partial charge in [0.25, 0.3) is 0 Å². The predicted molar refractivity (Wildman–Crippen MR) is 56.8 cm³/mol. The Balaban J connectivity index is 4.14. The highest BCUT2D eigenvalue weighted by molar-refractivity contribution is 6.31. The Hall–Kier alpha value is -0.740.